The van der Waals surface area contributed by atoms with Crippen LogP contribution in [0, 0.1) is 5.82 Å². The highest BCUT2D eigenvalue weighted by atomic mass is 35.5. The molecular weight excluding hydrogens is 231 g/mol. The number of hydrogen-bond donors (Lipinski definition) is 2. The summed E-state index contributed by atoms with van der Waals surface area (Å²) in [5, 5.41) is 0. The third-order valence-electron chi connectivity index (χ3n) is 2.39. The Balaban J connectivity index is 2.92. The van der Waals surface area contributed by atoms with E-state index in [1.165, 1.54) is 12.1 Å². The summed E-state index contributed by atoms with van der Waals surface area (Å²) in [5.41, 5.74) is 3.37. The summed E-state index contributed by atoms with van der Waals surface area (Å²) in [7, 11) is 1.55. The van der Waals surface area contributed by atoms with E-state index in [-0.39, 0.29) is 11.9 Å². The Kier molecular flexibility index (Phi) is 5.52. The second-order valence-corrected chi connectivity index (χ2v) is 3.81. The van der Waals surface area contributed by atoms with Gasteiger partial charge in [0.05, 0.1) is 7.11 Å². The molecule has 0 saturated heterocycles. The molecule has 1 rings (SSSR count). The maximum atomic E-state index is 13.2. The molecule has 3 N–H and O–H groups in total. The summed E-state index contributed by atoms with van der Waals surface area (Å²) in [6, 6.07) is 4.23. The summed E-state index contributed by atoms with van der Waals surface area (Å²) in [6.07, 6.45) is 1.54. The minimum absolute atomic E-state index is 0.149. The highest BCUT2D eigenvalue weighted by Crippen LogP contribution is 2.28. The van der Waals surface area contributed by atoms with Crippen LogP contribution in [0.1, 0.15) is 24.4 Å². The molecule has 0 radical (unpaired) electrons. The lowest BCUT2D eigenvalue weighted by Crippen LogP contribution is -2.28. The second-order valence-electron chi connectivity index (χ2n) is 3.44. The first kappa shape index (κ1) is 13.2. The molecule has 0 saturated carbocycles. The first-order valence-electron chi connectivity index (χ1n) is 5.08. The van der Waals surface area contributed by atoms with Crippen LogP contribution >= 0.6 is 11.6 Å². The van der Waals surface area contributed by atoms with Crippen LogP contribution in [0.15, 0.2) is 18.2 Å². The Morgan fingerprint density at radius 3 is 2.88 bits per heavy atom. The van der Waals surface area contributed by atoms with Gasteiger partial charge in [-0.3, -0.25) is 11.3 Å². The molecule has 1 aromatic rings. The number of rotatable bonds is 6. The van der Waals surface area contributed by atoms with Crippen LogP contribution in [0.4, 0.5) is 4.39 Å². The van der Waals surface area contributed by atoms with E-state index in [9.17, 15) is 4.39 Å². The molecule has 0 fully saturated rings. The number of ether oxygens (including phenoxy) is 1. The zero-order chi connectivity index (χ0) is 12.0. The standard InChI is InChI=1S/C11H16ClFN2O/c1-16-11-5-4-8(13)7-9(11)10(15-14)3-2-6-12/h4-5,7,10,15H,2-3,6,14H2,1H3. The van der Waals surface area contributed by atoms with Crippen LogP contribution < -0.4 is 16.0 Å². The topological polar surface area (TPSA) is 47.3 Å². The van der Waals surface area contributed by atoms with Gasteiger partial charge in [-0.15, -0.1) is 11.6 Å². The van der Waals surface area contributed by atoms with Gasteiger partial charge in [0.2, 0.25) is 0 Å². The Morgan fingerprint density at radius 2 is 2.31 bits per heavy atom. The lowest BCUT2D eigenvalue weighted by atomic mass is 10.0. The molecule has 3 nitrogen and oxygen atoms in total. The highest BCUT2D eigenvalue weighted by Gasteiger charge is 2.15. The second kappa shape index (κ2) is 6.68. The van der Waals surface area contributed by atoms with Gasteiger partial charge in [-0.2, -0.15) is 0 Å². The summed E-state index contributed by atoms with van der Waals surface area (Å²) in [5.74, 6) is 6.32. The van der Waals surface area contributed by atoms with Gasteiger partial charge < -0.3 is 4.74 Å². The molecule has 90 valence electrons. The van der Waals surface area contributed by atoms with Gasteiger partial charge in [0.1, 0.15) is 11.6 Å². The van der Waals surface area contributed by atoms with Gasteiger partial charge in [-0.05, 0) is 31.0 Å². The molecule has 0 aliphatic carbocycles. The number of nitrogens with one attached hydrogen (secondary N) is 1. The zero-order valence-electron chi connectivity index (χ0n) is 9.17. The van der Waals surface area contributed by atoms with Crippen molar-refractivity contribution in [1.82, 2.24) is 5.43 Å². The largest absolute Gasteiger partial charge is 0.496 e. The van der Waals surface area contributed by atoms with E-state index in [0.717, 1.165) is 18.4 Å². The lowest BCUT2D eigenvalue weighted by molar-refractivity contribution is 0.393. The molecule has 5 heteroatoms. The van der Waals surface area contributed by atoms with Gasteiger partial charge >= 0.3 is 0 Å². The molecule has 16 heavy (non-hydrogen) atoms. The molecule has 1 aromatic carbocycles. The Bertz CT molecular complexity index is 336. The monoisotopic (exact) mass is 246 g/mol. The van der Waals surface area contributed by atoms with Crippen molar-refractivity contribution < 1.29 is 9.13 Å². The number of methoxy groups -OCH3 is 1. The van der Waals surface area contributed by atoms with Gasteiger partial charge in [0.15, 0.2) is 0 Å². The summed E-state index contributed by atoms with van der Waals surface area (Å²) < 4.78 is 18.3. The van der Waals surface area contributed by atoms with Gasteiger partial charge in [0, 0.05) is 17.5 Å². The summed E-state index contributed by atoms with van der Waals surface area (Å²) in [6.45, 7) is 0. The van der Waals surface area contributed by atoms with Crippen molar-refractivity contribution in [2.24, 2.45) is 5.84 Å². The van der Waals surface area contributed by atoms with Gasteiger partial charge in [-0.25, -0.2) is 4.39 Å². The summed E-state index contributed by atoms with van der Waals surface area (Å²) >= 11 is 5.62. The van der Waals surface area contributed by atoms with Crippen LogP contribution in [-0.4, -0.2) is 13.0 Å². The molecule has 0 amide bonds. The van der Waals surface area contributed by atoms with Crippen molar-refractivity contribution in [3.05, 3.63) is 29.6 Å². The maximum Gasteiger partial charge on any atom is 0.123 e. The predicted molar refractivity (Wildman–Crippen MR) is 63.0 cm³/mol. The minimum atomic E-state index is -0.304. The zero-order valence-corrected chi connectivity index (χ0v) is 9.93. The molecule has 1 unspecified atom stereocenters. The Hall–Kier alpha value is -0.840. The minimum Gasteiger partial charge on any atom is -0.496 e. The van der Waals surface area contributed by atoms with Crippen LogP contribution in [0.5, 0.6) is 5.75 Å². The average Bonchev–Trinajstić information content (AvgIpc) is 2.30. The fourth-order valence-corrected chi connectivity index (χ4v) is 1.74. The molecule has 0 aliphatic rings. The number of hydrazine groups is 1. The van der Waals surface area contributed by atoms with E-state index in [2.05, 4.69) is 5.43 Å². The molecular formula is C11H16ClFN2O. The molecule has 1 atom stereocenters. The molecule has 0 spiro atoms. The molecule has 0 aromatic heterocycles. The third-order valence-corrected chi connectivity index (χ3v) is 2.66. The Morgan fingerprint density at radius 1 is 1.56 bits per heavy atom. The number of benzene rings is 1. The van der Waals surface area contributed by atoms with Gasteiger partial charge in [0.25, 0.3) is 0 Å². The van der Waals surface area contributed by atoms with E-state index in [1.54, 1.807) is 13.2 Å². The predicted octanol–water partition coefficient (Wildman–Crippen LogP) is 2.36. The Labute approximate surface area is 99.7 Å². The fourth-order valence-electron chi connectivity index (χ4n) is 1.59. The van der Waals surface area contributed by atoms with Crippen molar-refractivity contribution in [1.29, 1.82) is 0 Å². The molecule has 0 bridgehead atoms. The number of nitrogens with two attached hydrogens (primary N) is 1. The highest BCUT2D eigenvalue weighted by molar-refractivity contribution is 6.17. The SMILES string of the molecule is COc1ccc(F)cc1C(CCCCl)NN. The number of halogens is 2. The van der Waals surface area contributed by atoms with E-state index in [4.69, 9.17) is 22.2 Å². The van der Waals surface area contributed by atoms with E-state index < -0.39 is 0 Å². The molecule has 0 aliphatic heterocycles. The molecule has 0 heterocycles. The van der Waals surface area contributed by atoms with E-state index >= 15 is 0 Å². The van der Waals surface area contributed by atoms with Crippen molar-refractivity contribution in [2.45, 2.75) is 18.9 Å². The smallest absolute Gasteiger partial charge is 0.123 e. The quantitative estimate of drug-likeness (QED) is 0.460. The van der Waals surface area contributed by atoms with Crippen LogP contribution in [0.3, 0.4) is 0 Å². The third kappa shape index (κ3) is 3.33. The van der Waals surface area contributed by atoms with Crippen LogP contribution in [0.25, 0.3) is 0 Å². The van der Waals surface area contributed by atoms with Crippen LogP contribution in [-0.2, 0) is 0 Å². The van der Waals surface area contributed by atoms with Gasteiger partial charge in [-0.1, -0.05) is 0 Å². The van der Waals surface area contributed by atoms with Crippen molar-refractivity contribution in [3.8, 4) is 5.75 Å². The van der Waals surface area contributed by atoms with E-state index in [1.807, 2.05) is 0 Å². The maximum absolute atomic E-state index is 13.2. The lowest BCUT2D eigenvalue weighted by Gasteiger charge is -2.18. The normalized spacial score (nSPS) is 12.5. The average molecular weight is 247 g/mol. The van der Waals surface area contributed by atoms with Crippen LogP contribution in [0.2, 0.25) is 0 Å². The first-order chi connectivity index (χ1) is 7.72. The number of alkyl halides is 1. The van der Waals surface area contributed by atoms with Crippen molar-refractivity contribution in [3.63, 3.8) is 0 Å². The summed E-state index contributed by atoms with van der Waals surface area (Å²) in [4.78, 5) is 0. The fraction of sp³-hybridized carbons (Fsp3) is 0.455. The number of hydrogen-bond acceptors (Lipinski definition) is 3. The van der Waals surface area contributed by atoms with Crippen molar-refractivity contribution in [2.75, 3.05) is 13.0 Å². The first-order valence-corrected chi connectivity index (χ1v) is 5.62. The van der Waals surface area contributed by atoms with Crippen molar-refractivity contribution >= 4 is 11.6 Å². The van der Waals surface area contributed by atoms with E-state index in [0.29, 0.717) is 11.6 Å².